The van der Waals surface area contributed by atoms with Gasteiger partial charge in [-0.15, -0.1) is 0 Å². The first-order valence-electron chi connectivity index (χ1n) is 10.5. The molecule has 1 N–H and O–H groups in total. The van der Waals surface area contributed by atoms with Gasteiger partial charge in [0.05, 0.1) is 4.90 Å². The molecule has 8 heteroatoms. The number of amides is 1. The Bertz CT molecular complexity index is 1180. The van der Waals surface area contributed by atoms with Gasteiger partial charge in [0.25, 0.3) is 5.91 Å². The first-order chi connectivity index (χ1) is 15.5. The van der Waals surface area contributed by atoms with Crippen molar-refractivity contribution in [1.82, 2.24) is 14.6 Å². The molecule has 3 aromatic rings. The third kappa shape index (κ3) is 5.33. The molecule has 0 aliphatic carbocycles. The van der Waals surface area contributed by atoms with Gasteiger partial charge in [-0.05, 0) is 48.2 Å². The van der Waals surface area contributed by atoms with E-state index in [1.165, 1.54) is 16.4 Å². The smallest absolute Gasteiger partial charge is 0.251 e. The van der Waals surface area contributed by atoms with Crippen LogP contribution >= 0.6 is 0 Å². The van der Waals surface area contributed by atoms with Crippen molar-refractivity contribution in [3.05, 3.63) is 89.6 Å². The van der Waals surface area contributed by atoms with Crippen LogP contribution in [0, 0.1) is 0 Å². The predicted octanol–water partition coefficient (Wildman–Crippen LogP) is 3.38. The quantitative estimate of drug-likeness (QED) is 0.567. The molecule has 1 aliphatic heterocycles. The SMILES string of the molecule is O=C(NCc1ccnc(OCc2ccccc2)c1)c1cccc(S(=O)(=O)N2CCCC2)c1. The van der Waals surface area contributed by atoms with Gasteiger partial charge in [0.2, 0.25) is 15.9 Å². The summed E-state index contributed by atoms with van der Waals surface area (Å²) in [5.74, 6) is 0.131. The average molecular weight is 452 g/mol. The summed E-state index contributed by atoms with van der Waals surface area (Å²) >= 11 is 0. The minimum atomic E-state index is -3.57. The number of aromatic nitrogens is 1. The van der Waals surface area contributed by atoms with Crippen molar-refractivity contribution in [1.29, 1.82) is 0 Å². The Morgan fingerprint density at radius 2 is 1.75 bits per heavy atom. The van der Waals surface area contributed by atoms with Crippen LogP contribution in [0.5, 0.6) is 5.88 Å². The maximum atomic E-state index is 12.8. The standard InChI is InChI=1S/C24H25N3O4S/c28-24(21-9-6-10-22(16-21)32(29,30)27-13-4-5-14-27)26-17-20-11-12-25-23(15-20)31-18-19-7-2-1-3-8-19/h1-3,6-12,15-16H,4-5,13-14,17-18H2,(H,26,28). The van der Waals surface area contributed by atoms with Gasteiger partial charge in [0.15, 0.2) is 0 Å². The van der Waals surface area contributed by atoms with Gasteiger partial charge < -0.3 is 10.1 Å². The van der Waals surface area contributed by atoms with Crippen LogP contribution in [0.1, 0.15) is 34.3 Å². The highest BCUT2D eigenvalue weighted by molar-refractivity contribution is 7.89. The van der Waals surface area contributed by atoms with Crippen LogP contribution in [0.2, 0.25) is 0 Å². The second-order valence-corrected chi connectivity index (χ2v) is 9.54. The summed E-state index contributed by atoms with van der Waals surface area (Å²) in [7, 11) is -3.57. The molecule has 1 aliphatic rings. The van der Waals surface area contributed by atoms with E-state index in [0.29, 0.717) is 31.1 Å². The normalized spacial score (nSPS) is 14.2. The molecule has 0 radical (unpaired) electrons. The molecule has 0 saturated carbocycles. The molecule has 0 bridgehead atoms. The molecular weight excluding hydrogens is 426 g/mol. The summed E-state index contributed by atoms with van der Waals surface area (Å²) in [4.78, 5) is 17.0. The Morgan fingerprint density at radius 3 is 2.53 bits per heavy atom. The number of pyridine rings is 1. The maximum absolute atomic E-state index is 12.8. The number of nitrogens with zero attached hydrogens (tertiary/aromatic N) is 2. The van der Waals surface area contributed by atoms with Crippen molar-refractivity contribution in [3.63, 3.8) is 0 Å². The summed E-state index contributed by atoms with van der Waals surface area (Å²) in [6, 6.07) is 19.5. The predicted molar refractivity (Wildman–Crippen MR) is 121 cm³/mol. The zero-order valence-corrected chi connectivity index (χ0v) is 18.4. The second-order valence-electron chi connectivity index (χ2n) is 7.60. The minimum Gasteiger partial charge on any atom is -0.473 e. The number of benzene rings is 2. The molecule has 0 atom stereocenters. The van der Waals surface area contributed by atoms with E-state index in [4.69, 9.17) is 4.74 Å². The summed E-state index contributed by atoms with van der Waals surface area (Å²) in [6.07, 6.45) is 3.36. The van der Waals surface area contributed by atoms with E-state index in [1.807, 2.05) is 30.3 Å². The monoisotopic (exact) mass is 451 g/mol. The highest BCUT2D eigenvalue weighted by Gasteiger charge is 2.27. The zero-order chi connectivity index (χ0) is 22.4. The van der Waals surface area contributed by atoms with E-state index in [1.54, 1.807) is 30.5 Å². The third-order valence-corrected chi connectivity index (χ3v) is 7.18. The molecule has 1 amide bonds. The van der Waals surface area contributed by atoms with E-state index in [-0.39, 0.29) is 17.3 Å². The topological polar surface area (TPSA) is 88.6 Å². The Hall–Kier alpha value is -3.23. The highest BCUT2D eigenvalue weighted by atomic mass is 32.2. The van der Waals surface area contributed by atoms with Crippen molar-refractivity contribution in [2.45, 2.75) is 30.9 Å². The van der Waals surface area contributed by atoms with Crippen LogP contribution in [-0.4, -0.2) is 36.7 Å². The lowest BCUT2D eigenvalue weighted by molar-refractivity contribution is 0.0950. The van der Waals surface area contributed by atoms with Crippen LogP contribution in [0.15, 0.2) is 77.8 Å². The summed E-state index contributed by atoms with van der Waals surface area (Å²) in [5.41, 5.74) is 2.17. The van der Waals surface area contributed by atoms with Crippen molar-refractivity contribution in [2.75, 3.05) is 13.1 Å². The van der Waals surface area contributed by atoms with Crippen molar-refractivity contribution < 1.29 is 17.9 Å². The zero-order valence-electron chi connectivity index (χ0n) is 17.6. The van der Waals surface area contributed by atoms with Crippen LogP contribution in [0.4, 0.5) is 0 Å². The highest BCUT2D eigenvalue weighted by Crippen LogP contribution is 2.21. The molecule has 32 heavy (non-hydrogen) atoms. The fourth-order valence-electron chi connectivity index (χ4n) is 3.53. The molecule has 0 unspecified atom stereocenters. The summed E-state index contributed by atoms with van der Waals surface area (Å²) < 4.78 is 32.7. The molecule has 7 nitrogen and oxygen atoms in total. The van der Waals surface area contributed by atoms with Crippen molar-refractivity contribution in [2.24, 2.45) is 0 Å². The molecule has 2 aromatic carbocycles. The number of ether oxygens (including phenoxy) is 1. The Balaban J connectivity index is 1.38. The molecular formula is C24H25N3O4S. The van der Waals surface area contributed by atoms with Crippen molar-refractivity contribution in [3.8, 4) is 5.88 Å². The Morgan fingerprint density at radius 1 is 0.969 bits per heavy atom. The molecule has 0 spiro atoms. The van der Waals surface area contributed by atoms with E-state index in [9.17, 15) is 13.2 Å². The molecule has 1 aromatic heterocycles. The lowest BCUT2D eigenvalue weighted by Crippen LogP contribution is -2.28. The number of hydrogen-bond donors (Lipinski definition) is 1. The van der Waals surface area contributed by atoms with E-state index in [2.05, 4.69) is 10.3 Å². The number of carbonyl (C=O) groups excluding carboxylic acids is 1. The Labute approximate surface area is 188 Å². The van der Waals surface area contributed by atoms with Gasteiger partial charge in [-0.1, -0.05) is 36.4 Å². The number of rotatable bonds is 8. The molecule has 4 rings (SSSR count). The average Bonchev–Trinajstić information content (AvgIpc) is 3.38. The van der Waals surface area contributed by atoms with Crippen LogP contribution in [0.3, 0.4) is 0 Å². The lowest BCUT2D eigenvalue weighted by Gasteiger charge is -2.16. The Kier molecular flexibility index (Phi) is 6.82. The lowest BCUT2D eigenvalue weighted by atomic mass is 10.2. The molecule has 166 valence electrons. The van der Waals surface area contributed by atoms with Crippen LogP contribution in [-0.2, 0) is 23.2 Å². The minimum absolute atomic E-state index is 0.146. The van der Waals surface area contributed by atoms with Crippen LogP contribution in [0.25, 0.3) is 0 Å². The molecule has 1 fully saturated rings. The van der Waals surface area contributed by atoms with Crippen LogP contribution < -0.4 is 10.1 Å². The van der Waals surface area contributed by atoms with Gasteiger partial charge in [-0.3, -0.25) is 4.79 Å². The van der Waals surface area contributed by atoms with Gasteiger partial charge in [-0.2, -0.15) is 4.31 Å². The largest absolute Gasteiger partial charge is 0.473 e. The number of nitrogens with one attached hydrogen (secondary N) is 1. The number of carbonyl (C=O) groups is 1. The maximum Gasteiger partial charge on any atom is 0.251 e. The first kappa shape index (κ1) is 22.0. The van der Waals surface area contributed by atoms with Gasteiger partial charge in [0.1, 0.15) is 6.61 Å². The van der Waals surface area contributed by atoms with E-state index < -0.39 is 10.0 Å². The fraction of sp³-hybridized carbons (Fsp3) is 0.250. The molecule has 2 heterocycles. The first-order valence-corrected chi connectivity index (χ1v) is 12.0. The fourth-order valence-corrected chi connectivity index (χ4v) is 5.09. The van der Waals surface area contributed by atoms with Gasteiger partial charge in [-0.25, -0.2) is 13.4 Å². The number of hydrogen-bond acceptors (Lipinski definition) is 5. The molecule has 1 saturated heterocycles. The van der Waals surface area contributed by atoms with Gasteiger partial charge >= 0.3 is 0 Å². The second kappa shape index (κ2) is 9.93. The van der Waals surface area contributed by atoms with Crippen molar-refractivity contribution >= 4 is 15.9 Å². The van der Waals surface area contributed by atoms with E-state index >= 15 is 0 Å². The summed E-state index contributed by atoms with van der Waals surface area (Å²) in [6.45, 7) is 1.72. The third-order valence-electron chi connectivity index (χ3n) is 5.28. The summed E-state index contributed by atoms with van der Waals surface area (Å²) in [5, 5.41) is 2.83. The number of sulfonamides is 1. The van der Waals surface area contributed by atoms with Gasteiger partial charge in [0, 0.05) is 37.5 Å². The van der Waals surface area contributed by atoms with E-state index in [0.717, 1.165) is 24.0 Å².